The lowest BCUT2D eigenvalue weighted by molar-refractivity contribution is -0.156. The Balaban J connectivity index is 1.00. The van der Waals surface area contributed by atoms with E-state index in [1.165, 1.54) is 5.56 Å². The van der Waals surface area contributed by atoms with E-state index in [1.54, 1.807) is 14.2 Å². The standard InChI is InChI=1S/C45H43NO7/c1-25(27-6-8-31-22-34(49-4)13-10-29(31)20-27)43(47)51-38-16-12-33-24-37-36-15-17-39(42-45(36,18-19-46(37)3)40(33)41(38)53-42)52-44(48)26(2)28-7-9-32-23-35(50-5)14-11-30(32)21-28/h6-17,20-23,25-26,36-37,39,42H,18-19,24H2,1-5H3/t25?,26?,36-,37+,39-,42-,45-/m0/s1. The number of esters is 2. The average Bonchev–Trinajstić information content (AvgIpc) is 3.54. The number of hydrogen-bond donors (Lipinski definition) is 0. The van der Waals surface area contributed by atoms with E-state index < -0.39 is 29.5 Å². The SMILES string of the molecule is COc1ccc2cc(C(C)C(=O)Oc3ccc4c5c3O[C@H]3[C@@H](OC(=O)C(C)c6ccc7cc(OC)ccc7c6)C=C[C@H]6[C@@H](C4)N(C)CC[C@@]563)ccc2c1. The molecule has 2 aliphatic heterocycles. The zero-order valence-corrected chi connectivity index (χ0v) is 30.6. The molecule has 8 nitrogen and oxygen atoms in total. The van der Waals surface area contributed by atoms with Crippen LogP contribution >= 0.6 is 0 Å². The van der Waals surface area contributed by atoms with Crippen LogP contribution in [0.2, 0.25) is 0 Å². The molecule has 2 unspecified atom stereocenters. The van der Waals surface area contributed by atoms with Gasteiger partial charge in [0.25, 0.3) is 0 Å². The molecule has 0 radical (unpaired) electrons. The summed E-state index contributed by atoms with van der Waals surface area (Å²) >= 11 is 0. The Morgan fingerprint density at radius 3 is 2.02 bits per heavy atom. The van der Waals surface area contributed by atoms with Crippen LogP contribution in [0.15, 0.2) is 97.1 Å². The maximum absolute atomic E-state index is 13.9. The minimum atomic E-state index is -0.605. The number of fused-ring (bicyclic) bond motifs is 2. The minimum Gasteiger partial charge on any atom is -0.497 e. The van der Waals surface area contributed by atoms with Crippen LogP contribution in [0.5, 0.6) is 23.0 Å². The van der Waals surface area contributed by atoms with Crippen molar-refractivity contribution in [3.05, 3.63) is 119 Å². The Morgan fingerprint density at radius 1 is 0.774 bits per heavy atom. The van der Waals surface area contributed by atoms with Gasteiger partial charge in [0.05, 0.1) is 26.1 Å². The lowest BCUT2D eigenvalue weighted by Crippen LogP contribution is -2.65. The van der Waals surface area contributed by atoms with Crippen LogP contribution in [0.3, 0.4) is 0 Å². The van der Waals surface area contributed by atoms with Gasteiger partial charge < -0.3 is 28.6 Å². The van der Waals surface area contributed by atoms with Gasteiger partial charge in [-0.25, -0.2) is 0 Å². The highest BCUT2D eigenvalue weighted by molar-refractivity contribution is 5.88. The second-order valence-electron chi connectivity index (χ2n) is 15.1. The number of hydrogen-bond acceptors (Lipinski definition) is 8. The number of rotatable bonds is 8. The van der Waals surface area contributed by atoms with Gasteiger partial charge in [0.1, 0.15) is 17.6 Å². The van der Waals surface area contributed by atoms with Gasteiger partial charge in [0.2, 0.25) is 0 Å². The van der Waals surface area contributed by atoms with Gasteiger partial charge in [-0.15, -0.1) is 0 Å². The van der Waals surface area contributed by atoms with Crippen molar-refractivity contribution in [2.45, 2.75) is 62.2 Å². The van der Waals surface area contributed by atoms with Crippen molar-refractivity contribution in [3.8, 4) is 23.0 Å². The van der Waals surface area contributed by atoms with Crippen LogP contribution in [0.25, 0.3) is 21.5 Å². The van der Waals surface area contributed by atoms with Crippen molar-refractivity contribution in [1.29, 1.82) is 0 Å². The highest BCUT2D eigenvalue weighted by Gasteiger charge is 2.65. The van der Waals surface area contributed by atoms with E-state index in [0.29, 0.717) is 11.5 Å². The van der Waals surface area contributed by atoms with Gasteiger partial charge in [0, 0.05) is 22.9 Å². The van der Waals surface area contributed by atoms with E-state index in [-0.39, 0.29) is 23.9 Å². The summed E-state index contributed by atoms with van der Waals surface area (Å²) in [5.41, 5.74) is 3.66. The summed E-state index contributed by atoms with van der Waals surface area (Å²) < 4.78 is 30.3. The number of nitrogens with zero attached hydrogens (tertiary/aromatic N) is 1. The fourth-order valence-electron chi connectivity index (χ4n) is 9.37. The first-order valence-corrected chi connectivity index (χ1v) is 18.5. The molecule has 270 valence electrons. The van der Waals surface area contributed by atoms with Crippen molar-refractivity contribution in [2.24, 2.45) is 5.92 Å². The minimum absolute atomic E-state index is 0.172. The second kappa shape index (κ2) is 12.7. The molecule has 0 amide bonds. The second-order valence-corrected chi connectivity index (χ2v) is 15.1. The Hall–Kier alpha value is -5.34. The number of carbonyl (C=O) groups is 2. The zero-order valence-electron chi connectivity index (χ0n) is 30.6. The summed E-state index contributed by atoms with van der Waals surface area (Å²) in [6.07, 6.45) is 4.93. The third-order valence-electron chi connectivity index (χ3n) is 12.4. The van der Waals surface area contributed by atoms with E-state index >= 15 is 0 Å². The fourth-order valence-corrected chi connectivity index (χ4v) is 9.37. The number of ether oxygens (including phenoxy) is 5. The topological polar surface area (TPSA) is 83.5 Å². The average molecular weight is 710 g/mol. The van der Waals surface area contributed by atoms with E-state index in [2.05, 4.69) is 24.1 Å². The Kier molecular flexibility index (Phi) is 8.00. The summed E-state index contributed by atoms with van der Waals surface area (Å²) in [7, 11) is 5.50. The lowest BCUT2D eigenvalue weighted by Gasteiger charge is -2.56. The molecule has 2 bridgehead atoms. The van der Waals surface area contributed by atoms with Crippen LogP contribution < -0.4 is 18.9 Å². The zero-order chi connectivity index (χ0) is 36.6. The maximum Gasteiger partial charge on any atom is 0.318 e. The number of benzene rings is 5. The Morgan fingerprint density at radius 2 is 1.38 bits per heavy atom. The number of piperidine rings is 1. The molecule has 2 aliphatic carbocycles. The molecule has 5 aromatic carbocycles. The summed E-state index contributed by atoms with van der Waals surface area (Å²) in [6.45, 7) is 4.65. The molecule has 0 N–H and O–H groups in total. The van der Waals surface area contributed by atoms with Crippen molar-refractivity contribution in [2.75, 3.05) is 27.8 Å². The molecule has 5 aromatic rings. The summed E-state index contributed by atoms with van der Waals surface area (Å²) in [5, 5.41) is 4.13. The number of methoxy groups -OCH3 is 2. The number of carbonyl (C=O) groups excluding carboxylic acids is 2. The van der Waals surface area contributed by atoms with Gasteiger partial charge >= 0.3 is 11.9 Å². The lowest BCUT2D eigenvalue weighted by atomic mass is 9.53. The molecule has 8 heteroatoms. The molecule has 9 rings (SSSR count). The molecular weight excluding hydrogens is 666 g/mol. The largest absolute Gasteiger partial charge is 0.497 e. The molecule has 0 saturated carbocycles. The van der Waals surface area contributed by atoms with Crippen molar-refractivity contribution in [1.82, 2.24) is 4.90 Å². The third kappa shape index (κ3) is 5.29. The molecule has 53 heavy (non-hydrogen) atoms. The van der Waals surface area contributed by atoms with Gasteiger partial charge in [-0.3, -0.25) is 9.59 Å². The van der Waals surface area contributed by atoms with Gasteiger partial charge in [-0.1, -0.05) is 60.7 Å². The number of likely N-dealkylation sites (tertiary alicyclic amines) is 1. The molecule has 2 heterocycles. The normalized spacial score (nSPS) is 24.9. The van der Waals surface area contributed by atoms with Crippen LogP contribution in [0, 0.1) is 5.92 Å². The number of likely N-dealkylation sites (N-methyl/N-ethyl adjacent to an activating group) is 1. The molecule has 0 aromatic heterocycles. The van der Waals surface area contributed by atoms with Crippen LogP contribution in [-0.2, 0) is 26.2 Å². The van der Waals surface area contributed by atoms with Gasteiger partial charge in [0.15, 0.2) is 17.6 Å². The van der Waals surface area contributed by atoms with Gasteiger partial charge in [-0.2, -0.15) is 0 Å². The highest BCUT2D eigenvalue weighted by atomic mass is 16.6. The van der Waals surface area contributed by atoms with Crippen molar-refractivity contribution in [3.63, 3.8) is 0 Å². The monoisotopic (exact) mass is 709 g/mol. The predicted octanol–water partition coefficient (Wildman–Crippen LogP) is 7.88. The van der Waals surface area contributed by atoms with Crippen molar-refractivity contribution >= 4 is 33.5 Å². The van der Waals surface area contributed by atoms with Crippen LogP contribution in [-0.4, -0.2) is 62.9 Å². The van der Waals surface area contributed by atoms with E-state index in [4.69, 9.17) is 23.7 Å². The molecule has 1 fully saturated rings. The Bertz CT molecular complexity index is 2330. The first-order chi connectivity index (χ1) is 25.7. The Labute approximate surface area is 309 Å². The molecule has 1 saturated heterocycles. The van der Waals surface area contributed by atoms with Crippen molar-refractivity contribution < 1.29 is 33.3 Å². The fraction of sp³-hybridized carbons (Fsp3) is 0.333. The molecule has 1 spiro atoms. The summed E-state index contributed by atoms with van der Waals surface area (Å²) in [5.74, 6) is 1.10. The van der Waals surface area contributed by atoms with Gasteiger partial charge in [-0.05, 0) is 115 Å². The predicted molar refractivity (Wildman–Crippen MR) is 203 cm³/mol. The first-order valence-electron chi connectivity index (χ1n) is 18.5. The first kappa shape index (κ1) is 33.5. The summed E-state index contributed by atoms with van der Waals surface area (Å²) in [6, 6.07) is 28.1. The molecule has 4 aliphatic rings. The van der Waals surface area contributed by atoms with E-state index in [1.807, 2.05) is 98.8 Å². The maximum atomic E-state index is 13.9. The van der Waals surface area contributed by atoms with Crippen LogP contribution in [0.4, 0.5) is 0 Å². The quantitative estimate of drug-likeness (QED) is 0.0915. The summed E-state index contributed by atoms with van der Waals surface area (Å²) in [4.78, 5) is 30.2. The molecule has 7 atom stereocenters. The third-order valence-corrected chi connectivity index (χ3v) is 12.4. The van der Waals surface area contributed by atoms with Crippen LogP contribution in [0.1, 0.15) is 54.4 Å². The highest BCUT2D eigenvalue weighted by Crippen LogP contribution is 2.63. The molecular formula is C45H43NO7. The smallest absolute Gasteiger partial charge is 0.318 e. The van der Waals surface area contributed by atoms with E-state index in [0.717, 1.165) is 69.1 Å². The van der Waals surface area contributed by atoms with E-state index in [9.17, 15) is 9.59 Å².